The van der Waals surface area contributed by atoms with Crippen LogP contribution in [0.25, 0.3) is 0 Å². The third kappa shape index (κ3) is 6.93. The summed E-state index contributed by atoms with van der Waals surface area (Å²) >= 11 is 0. The van der Waals surface area contributed by atoms with Gasteiger partial charge in [0.25, 0.3) is 0 Å². The SMILES string of the molecule is COc1ccc(S(=O)(=O)N2CCCCC2)cc1CCC(=O)NCCCN1CCC[C@H](C)C1. The minimum atomic E-state index is -3.51. The van der Waals surface area contributed by atoms with Crippen LogP contribution in [0.1, 0.15) is 57.4 Å². The molecule has 0 saturated carbocycles. The third-order valence-electron chi connectivity index (χ3n) is 6.54. The fourth-order valence-corrected chi connectivity index (χ4v) is 6.29. The quantitative estimate of drug-likeness (QED) is 0.538. The molecule has 1 aromatic carbocycles. The highest BCUT2D eigenvalue weighted by Crippen LogP contribution is 2.27. The largest absolute Gasteiger partial charge is 0.496 e. The summed E-state index contributed by atoms with van der Waals surface area (Å²) in [5.74, 6) is 1.38. The fraction of sp³-hybridized carbons (Fsp3) is 0.708. The van der Waals surface area contributed by atoms with Gasteiger partial charge < -0.3 is 15.0 Å². The van der Waals surface area contributed by atoms with E-state index in [-0.39, 0.29) is 10.8 Å². The van der Waals surface area contributed by atoms with E-state index in [0.717, 1.165) is 56.8 Å². The van der Waals surface area contributed by atoms with Crippen LogP contribution in [0.4, 0.5) is 0 Å². The van der Waals surface area contributed by atoms with Gasteiger partial charge in [-0.2, -0.15) is 4.31 Å². The van der Waals surface area contributed by atoms with E-state index in [0.29, 0.717) is 38.2 Å². The number of piperidine rings is 2. The zero-order chi connectivity index (χ0) is 23.0. The Balaban J connectivity index is 1.50. The molecule has 2 heterocycles. The van der Waals surface area contributed by atoms with E-state index in [4.69, 9.17) is 4.74 Å². The number of nitrogens with one attached hydrogen (secondary N) is 1. The van der Waals surface area contributed by atoms with Crippen molar-refractivity contribution in [1.29, 1.82) is 0 Å². The molecule has 8 heteroatoms. The number of amides is 1. The van der Waals surface area contributed by atoms with E-state index in [1.165, 1.54) is 12.8 Å². The molecule has 0 spiro atoms. The molecular formula is C24H39N3O4S. The van der Waals surface area contributed by atoms with Gasteiger partial charge in [0.1, 0.15) is 5.75 Å². The molecule has 1 atom stereocenters. The predicted octanol–water partition coefficient (Wildman–Crippen LogP) is 3.04. The monoisotopic (exact) mass is 465 g/mol. The molecule has 2 saturated heterocycles. The number of rotatable bonds is 10. The van der Waals surface area contributed by atoms with Gasteiger partial charge in [-0.25, -0.2) is 8.42 Å². The predicted molar refractivity (Wildman–Crippen MR) is 126 cm³/mol. The van der Waals surface area contributed by atoms with Gasteiger partial charge in [0.15, 0.2) is 0 Å². The van der Waals surface area contributed by atoms with Crippen molar-refractivity contribution in [3.8, 4) is 5.75 Å². The average molecular weight is 466 g/mol. The molecule has 0 aromatic heterocycles. The van der Waals surface area contributed by atoms with Crippen molar-refractivity contribution in [2.24, 2.45) is 5.92 Å². The lowest BCUT2D eigenvalue weighted by atomic mass is 10.0. The standard InChI is InChI=1S/C24H39N3O4S/c1-20-8-6-14-26(19-20)15-7-13-25-24(28)12-9-21-18-22(10-11-23(21)31-2)32(29,30)27-16-4-3-5-17-27/h10-11,18,20H,3-9,12-17,19H2,1-2H3,(H,25,28)/t20-/m0/s1. The van der Waals surface area contributed by atoms with Gasteiger partial charge in [-0.1, -0.05) is 13.3 Å². The molecule has 0 radical (unpaired) electrons. The summed E-state index contributed by atoms with van der Waals surface area (Å²) in [6.07, 6.45) is 7.17. The van der Waals surface area contributed by atoms with E-state index in [2.05, 4.69) is 17.1 Å². The Morgan fingerprint density at radius 2 is 1.94 bits per heavy atom. The number of ether oxygens (including phenoxy) is 1. The number of sulfonamides is 1. The second kappa shape index (κ2) is 12.0. The van der Waals surface area contributed by atoms with Crippen LogP contribution in [0, 0.1) is 5.92 Å². The summed E-state index contributed by atoms with van der Waals surface area (Å²) < 4.78 is 33.0. The second-order valence-corrected chi connectivity index (χ2v) is 11.1. The van der Waals surface area contributed by atoms with Crippen molar-refractivity contribution >= 4 is 15.9 Å². The number of methoxy groups -OCH3 is 1. The molecular weight excluding hydrogens is 426 g/mol. The zero-order valence-electron chi connectivity index (χ0n) is 19.6. The van der Waals surface area contributed by atoms with E-state index >= 15 is 0 Å². The van der Waals surface area contributed by atoms with Crippen LogP contribution >= 0.6 is 0 Å². The van der Waals surface area contributed by atoms with Gasteiger partial charge in [-0.15, -0.1) is 0 Å². The molecule has 1 amide bonds. The number of carbonyl (C=O) groups is 1. The Hall–Kier alpha value is -1.64. The molecule has 2 fully saturated rings. The van der Waals surface area contributed by atoms with E-state index in [1.54, 1.807) is 29.6 Å². The van der Waals surface area contributed by atoms with Crippen LogP contribution < -0.4 is 10.1 Å². The van der Waals surface area contributed by atoms with Gasteiger partial charge >= 0.3 is 0 Å². The first-order valence-electron chi connectivity index (χ1n) is 12.1. The van der Waals surface area contributed by atoms with Crippen LogP contribution in [-0.4, -0.2) is 69.9 Å². The Labute approximate surface area is 193 Å². The first-order chi connectivity index (χ1) is 15.4. The molecule has 180 valence electrons. The smallest absolute Gasteiger partial charge is 0.243 e. The Kier molecular flexibility index (Phi) is 9.37. The highest BCUT2D eigenvalue weighted by atomic mass is 32.2. The molecule has 1 aromatic rings. The maximum absolute atomic E-state index is 13.0. The number of aryl methyl sites for hydroxylation is 1. The van der Waals surface area contributed by atoms with E-state index in [9.17, 15) is 13.2 Å². The lowest BCUT2D eigenvalue weighted by molar-refractivity contribution is -0.121. The molecule has 32 heavy (non-hydrogen) atoms. The van der Waals surface area contributed by atoms with Crippen LogP contribution in [0.15, 0.2) is 23.1 Å². The summed E-state index contributed by atoms with van der Waals surface area (Å²) in [4.78, 5) is 15.1. The maximum Gasteiger partial charge on any atom is 0.243 e. The topological polar surface area (TPSA) is 79.0 Å². The fourth-order valence-electron chi connectivity index (χ4n) is 4.72. The molecule has 2 aliphatic rings. The van der Waals surface area contributed by atoms with Crippen LogP contribution in [0.3, 0.4) is 0 Å². The van der Waals surface area contributed by atoms with Crippen LogP contribution in [0.5, 0.6) is 5.75 Å². The lowest BCUT2D eigenvalue weighted by Crippen LogP contribution is -2.36. The summed E-state index contributed by atoms with van der Waals surface area (Å²) in [6, 6.07) is 4.98. The summed E-state index contributed by atoms with van der Waals surface area (Å²) in [5, 5.41) is 3.00. The average Bonchev–Trinajstić information content (AvgIpc) is 2.81. The van der Waals surface area contributed by atoms with Gasteiger partial charge in [0, 0.05) is 32.6 Å². The molecule has 0 bridgehead atoms. The first-order valence-corrected chi connectivity index (χ1v) is 13.5. The maximum atomic E-state index is 13.0. The lowest BCUT2D eigenvalue weighted by Gasteiger charge is -2.30. The highest BCUT2D eigenvalue weighted by molar-refractivity contribution is 7.89. The van der Waals surface area contributed by atoms with E-state index < -0.39 is 10.0 Å². The van der Waals surface area contributed by atoms with Crippen LogP contribution in [0.2, 0.25) is 0 Å². The van der Waals surface area contributed by atoms with Crippen molar-refractivity contribution < 1.29 is 17.9 Å². The number of likely N-dealkylation sites (tertiary alicyclic amines) is 1. The van der Waals surface area contributed by atoms with Crippen molar-refractivity contribution in [2.45, 2.75) is 63.2 Å². The number of hydrogen-bond acceptors (Lipinski definition) is 5. The van der Waals surface area contributed by atoms with Crippen LogP contribution in [-0.2, 0) is 21.2 Å². The second-order valence-electron chi connectivity index (χ2n) is 9.19. The zero-order valence-corrected chi connectivity index (χ0v) is 20.5. The van der Waals surface area contributed by atoms with Crippen molar-refractivity contribution in [1.82, 2.24) is 14.5 Å². The molecule has 7 nitrogen and oxygen atoms in total. The minimum absolute atomic E-state index is 0.0108. The van der Waals surface area contributed by atoms with Gasteiger partial charge in [0.2, 0.25) is 15.9 Å². The number of hydrogen-bond donors (Lipinski definition) is 1. The van der Waals surface area contributed by atoms with Crippen molar-refractivity contribution in [3.63, 3.8) is 0 Å². The van der Waals surface area contributed by atoms with E-state index in [1.807, 2.05) is 0 Å². The molecule has 3 rings (SSSR count). The van der Waals surface area contributed by atoms with Gasteiger partial charge in [-0.3, -0.25) is 4.79 Å². The number of benzene rings is 1. The minimum Gasteiger partial charge on any atom is -0.496 e. The number of nitrogens with zero attached hydrogens (tertiary/aromatic N) is 2. The molecule has 2 aliphatic heterocycles. The number of carbonyl (C=O) groups excluding carboxylic acids is 1. The Bertz CT molecular complexity index is 853. The third-order valence-corrected chi connectivity index (χ3v) is 8.44. The van der Waals surface area contributed by atoms with Crippen molar-refractivity contribution in [3.05, 3.63) is 23.8 Å². The summed E-state index contributed by atoms with van der Waals surface area (Å²) in [5.41, 5.74) is 0.753. The van der Waals surface area contributed by atoms with Crippen molar-refractivity contribution in [2.75, 3.05) is 46.4 Å². The molecule has 1 N–H and O–H groups in total. The normalized spacial score (nSPS) is 20.8. The summed E-state index contributed by atoms with van der Waals surface area (Å²) in [6.45, 7) is 7.46. The summed E-state index contributed by atoms with van der Waals surface area (Å²) in [7, 11) is -1.94. The van der Waals surface area contributed by atoms with Gasteiger partial charge in [-0.05, 0) is 81.3 Å². The Morgan fingerprint density at radius 3 is 2.66 bits per heavy atom. The van der Waals surface area contributed by atoms with Gasteiger partial charge in [0.05, 0.1) is 12.0 Å². The Morgan fingerprint density at radius 1 is 1.16 bits per heavy atom. The molecule has 0 aliphatic carbocycles. The highest BCUT2D eigenvalue weighted by Gasteiger charge is 2.26. The first kappa shape index (κ1) is 25.0. The molecule has 0 unspecified atom stereocenters.